The normalized spacial score (nSPS) is 13.3. The molecule has 0 aliphatic heterocycles. The fourth-order valence-electron chi connectivity index (χ4n) is 3.17. The molecular weight excluding hydrogens is 385 g/mol. The molecule has 1 nitrogen and oxygen atoms in total. The zero-order chi connectivity index (χ0) is 16.4. The van der Waals surface area contributed by atoms with Gasteiger partial charge in [0.15, 0.2) is 0 Å². The zero-order valence-electron chi connectivity index (χ0n) is 14.8. The Bertz CT molecular complexity index is 766. The average Bonchev–Trinajstić information content (AvgIpc) is 3.01. The van der Waals surface area contributed by atoms with E-state index in [2.05, 4.69) is 112 Å². The number of hydrogen-bond donors (Lipinski definition) is 0. The van der Waals surface area contributed by atoms with Gasteiger partial charge < -0.3 is 24.8 Å². The van der Waals surface area contributed by atoms with Crippen LogP contribution in [0.1, 0.15) is 38.3 Å². The van der Waals surface area contributed by atoms with Crippen LogP contribution in [0.5, 0.6) is 0 Å². The Hall–Kier alpha value is -0.986. The van der Waals surface area contributed by atoms with Crippen molar-refractivity contribution in [1.82, 2.24) is 0 Å². The molecule has 0 spiro atoms. The van der Waals surface area contributed by atoms with Crippen LogP contribution >= 0.6 is 0 Å². The van der Waals surface area contributed by atoms with Crippen molar-refractivity contribution >= 4 is 11.3 Å². The first kappa shape index (κ1) is 22.1. The van der Waals surface area contributed by atoms with Crippen molar-refractivity contribution in [2.75, 3.05) is 3.38 Å². The number of nitrogens with zero attached hydrogens (tertiary/aromatic N) is 1. The van der Waals surface area contributed by atoms with Crippen molar-refractivity contribution in [1.29, 1.82) is 0 Å². The van der Waals surface area contributed by atoms with Gasteiger partial charge in [-0.2, -0.15) is 0 Å². The minimum atomic E-state index is -0.0880. The van der Waals surface area contributed by atoms with Crippen LogP contribution in [0.3, 0.4) is 0 Å². The third kappa shape index (κ3) is 4.60. The van der Waals surface area contributed by atoms with Gasteiger partial charge in [0, 0.05) is 0 Å². The van der Waals surface area contributed by atoms with E-state index in [4.69, 9.17) is 0 Å². The molecule has 1 aliphatic carbocycles. The first-order chi connectivity index (χ1) is 11.0. The van der Waals surface area contributed by atoms with E-state index in [0.717, 1.165) is 6.42 Å². The standard InChI is InChI=1S/C21H22N.2ClH.Ti/c1-16-13-14-17(15-16)19-11-7-8-12-20(19)21(2,3)22-18-9-5-4-6-10-18;;;/h4-13,15H,14H2,1-3H3;2*1H;/q-1;;;+3/p-2. The number of halogens is 2. The molecule has 4 heteroatoms. The molecule has 129 valence electrons. The van der Waals surface area contributed by atoms with Crippen LogP contribution in [0.25, 0.3) is 5.57 Å². The van der Waals surface area contributed by atoms with E-state index in [1.54, 1.807) is 0 Å². The molecule has 1 aliphatic rings. The van der Waals surface area contributed by atoms with Crippen LogP contribution < -0.4 is 28.2 Å². The first-order valence-electron chi connectivity index (χ1n) is 8.04. The number of hydrogen-bond acceptors (Lipinski definition) is 1. The van der Waals surface area contributed by atoms with Crippen LogP contribution in [0.2, 0.25) is 0 Å². The average molecular weight is 407 g/mol. The maximum atomic E-state index is 2.36. The van der Waals surface area contributed by atoms with E-state index < -0.39 is 0 Å². The fourth-order valence-corrected chi connectivity index (χ4v) is 3.59. The fraction of sp³-hybridized carbons (Fsp3) is 0.238. The molecule has 0 fully saturated rings. The molecule has 25 heavy (non-hydrogen) atoms. The second kappa shape index (κ2) is 9.10. The van der Waals surface area contributed by atoms with Gasteiger partial charge in [-0.15, -0.1) is 0 Å². The van der Waals surface area contributed by atoms with Gasteiger partial charge in [0.25, 0.3) is 0 Å². The van der Waals surface area contributed by atoms with E-state index in [9.17, 15) is 0 Å². The summed E-state index contributed by atoms with van der Waals surface area (Å²) in [4.78, 5) is 0. The molecule has 0 saturated heterocycles. The molecule has 0 atom stereocenters. The monoisotopic (exact) mass is 406 g/mol. The summed E-state index contributed by atoms with van der Waals surface area (Å²) in [6, 6.07) is 19.4. The van der Waals surface area contributed by atoms with E-state index in [1.807, 2.05) is 0 Å². The van der Waals surface area contributed by atoms with Gasteiger partial charge in [0.2, 0.25) is 0 Å². The molecule has 0 heterocycles. The molecule has 2 aromatic carbocycles. The van der Waals surface area contributed by atoms with Gasteiger partial charge in [-0.1, -0.05) is 0 Å². The molecule has 0 N–H and O–H groups in total. The molecule has 0 saturated carbocycles. The van der Waals surface area contributed by atoms with Crippen molar-refractivity contribution in [3.05, 3.63) is 83.4 Å². The largest absolute Gasteiger partial charge is 1.00 e. The van der Waals surface area contributed by atoms with Crippen LogP contribution in [-0.2, 0) is 26.2 Å². The number of benzene rings is 2. The maximum absolute atomic E-state index is 2.36. The van der Waals surface area contributed by atoms with E-state index in [0.29, 0.717) is 0 Å². The molecular formula is C21H22Cl2NTi. The van der Waals surface area contributed by atoms with Crippen molar-refractivity contribution in [3.63, 3.8) is 0 Å². The molecule has 0 unspecified atom stereocenters. The number of para-hydroxylation sites is 1. The molecule has 0 amide bonds. The second-order valence-corrected chi connectivity index (χ2v) is 7.30. The molecule has 2 aromatic rings. The van der Waals surface area contributed by atoms with Crippen LogP contribution in [-0.4, -0.2) is 0 Å². The summed E-state index contributed by atoms with van der Waals surface area (Å²) < 4.78 is 2.36. The quantitative estimate of drug-likeness (QED) is 0.626. The summed E-state index contributed by atoms with van der Waals surface area (Å²) in [6.07, 6.45) is 5.66. The SMILES string of the molecule is CC1=CCC(c2ccccc2C(C)(C)[N]([Ti+2])c2ccccc2)=C1.[Cl-].[Cl-]. The van der Waals surface area contributed by atoms with Gasteiger partial charge >= 0.3 is 152 Å². The van der Waals surface area contributed by atoms with Crippen molar-refractivity contribution in [3.8, 4) is 0 Å². The van der Waals surface area contributed by atoms with Crippen molar-refractivity contribution in [2.45, 2.75) is 32.7 Å². The van der Waals surface area contributed by atoms with Crippen LogP contribution in [0.4, 0.5) is 5.69 Å². The third-order valence-electron chi connectivity index (χ3n) is 4.55. The van der Waals surface area contributed by atoms with E-state index >= 15 is 0 Å². The summed E-state index contributed by atoms with van der Waals surface area (Å²) in [5.74, 6) is 0. The summed E-state index contributed by atoms with van der Waals surface area (Å²) in [5, 5.41) is 0. The number of allylic oxidation sites excluding steroid dienone is 4. The Morgan fingerprint density at radius 1 is 0.920 bits per heavy atom. The molecule has 0 aromatic heterocycles. The second-order valence-electron chi connectivity index (χ2n) is 6.60. The molecule has 0 radical (unpaired) electrons. The van der Waals surface area contributed by atoms with Crippen LogP contribution in [0.15, 0.2) is 72.3 Å². The minimum Gasteiger partial charge on any atom is -1.00 e. The van der Waals surface area contributed by atoms with Gasteiger partial charge in [0.1, 0.15) is 0 Å². The van der Waals surface area contributed by atoms with E-state index in [1.165, 1.54) is 28.0 Å². The third-order valence-corrected chi connectivity index (χ3v) is 5.83. The number of rotatable bonds is 4. The molecule has 3 rings (SSSR count). The Balaban J connectivity index is 0.00000156. The topological polar surface area (TPSA) is 3.24 Å². The smallest absolute Gasteiger partial charge is 1.00 e. The first-order valence-corrected chi connectivity index (χ1v) is 8.74. The Morgan fingerprint density at radius 2 is 1.52 bits per heavy atom. The summed E-state index contributed by atoms with van der Waals surface area (Å²) in [5.41, 5.74) is 6.68. The zero-order valence-corrected chi connectivity index (χ0v) is 17.8. The Kier molecular flexibility index (Phi) is 8.03. The summed E-state index contributed by atoms with van der Waals surface area (Å²) in [6.45, 7) is 6.78. The Labute approximate surface area is 175 Å². The van der Waals surface area contributed by atoms with Gasteiger partial charge in [-0.3, -0.25) is 0 Å². The van der Waals surface area contributed by atoms with Gasteiger partial charge in [0.05, 0.1) is 0 Å². The van der Waals surface area contributed by atoms with Crippen LogP contribution in [0, 0.1) is 0 Å². The number of anilines is 1. The Morgan fingerprint density at radius 3 is 2.12 bits per heavy atom. The van der Waals surface area contributed by atoms with Crippen molar-refractivity contribution < 1.29 is 45.5 Å². The predicted molar refractivity (Wildman–Crippen MR) is 94.7 cm³/mol. The maximum Gasteiger partial charge on any atom is -1.00 e. The van der Waals surface area contributed by atoms with Crippen molar-refractivity contribution in [2.24, 2.45) is 0 Å². The predicted octanol–water partition coefficient (Wildman–Crippen LogP) is -0.368. The van der Waals surface area contributed by atoms with Gasteiger partial charge in [-0.25, -0.2) is 0 Å². The minimum absolute atomic E-state index is 0. The van der Waals surface area contributed by atoms with E-state index in [-0.39, 0.29) is 30.4 Å². The summed E-state index contributed by atoms with van der Waals surface area (Å²) >= 11 is 2.18. The summed E-state index contributed by atoms with van der Waals surface area (Å²) in [7, 11) is 0. The van der Waals surface area contributed by atoms with Gasteiger partial charge in [-0.05, 0) is 0 Å². The molecule has 0 bridgehead atoms.